The van der Waals surface area contributed by atoms with Crippen LogP contribution in [0.1, 0.15) is 36.7 Å². The van der Waals surface area contributed by atoms with Crippen molar-refractivity contribution in [2.24, 2.45) is 5.73 Å². The van der Waals surface area contributed by atoms with Gasteiger partial charge in [-0.15, -0.1) is 0 Å². The standard InChI is InChI=1S/C16H20N4O/c1-16(2,3)10-4-6-11(7-5-10)20-14-8-12(15(18)21)13(17)9-19-14/h4-9H,17H2,1-3H3,(H2,18,21)(H,19,20). The molecule has 0 fully saturated rings. The van der Waals surface area contributed by atoms with Gasteiger partial charge in [0.05, 0.1) is 17.4 Å². The van der Waals surface area contributed by atoms with Crippen LogP contribution in [0.4, 0.5) is 17.2 Å². The number of anilines is 3. The first-order chi connectivity index (χ1) is 9.77. The number of pyridine rings is 1. The minimum Gasteiger partial charge on any atom is -0.397 e. The summed E-state index contributed by atoms with van der Waals surface area (Å²) in [6.07, 6.45) is 1.42. The first kappa shape index (κ1) is 14.8. The molecule has 5 N–H and O–H groups in total. The van der Waals surface area contributed by atoms with Crippen LogP contribution in [0.5, 0.6) is 0 Å². The summed E-state index contributed by atoms with van der Waals surface area (Å²) in [4.78, 5) is 15.4. The van der Waals surface area contributed by atoms with Crippen LogP contribution < -0.4 is 16.8 Å². The lowest BCUT2D eigenvalue weighted by Crippen LogP contribution is -2.14. The third-order valence-corrected chi connectivity index (χ3v) is 3.22. The summed E-state index contributed by atoms with van der Waals surface area (Å²) in [6, 6.07) is 9.63. The molecule has 2 aromatic rings. The van der Waals surface area contributed by atoms with Crippen molar-refractivity contribution in [3.8, 4) is 0 Å². The van der Waals surface area contributed by atoms with Crippen LogP contribution in [0.15, 0.2) is 36.5 Å². The SMILES string of the molecule is CC(C)(C)c1ccc(Nc2cc(C(N)=O)c(N)cn2)cc1. The van der Waals surface area contributed by atoms with Crippen molar-refractivity contribution in [2.75, 3.05) is 11.1 Å². The smallest absolute Gasteiger partial charge is 0.250 e. The predicted octanol–water partition coefficient (Wildman–Crippen LogP) is 2.80. The molecule has 0 atom stereocenters. The molecule has 0 radical (unpaired) electrons. The van der Waals surface area contributed by atoms with E-state index in [1.54, 1.807) is 6.07 Å². The van der Waals surface area contributed by atoms with Gasteiger partial charge in [-0.2, -0.15) is 0 Å². The molecule has 0 aliphatic heterocycles. The number of aromatic nitrogens is 1. The van der Waals surface area contributed by atoms with E-state index in [1.165, 1.54) is 11.8 Å². The van der Waals surface area contributed by atoms with E-state index in [2.05, 4.69) is 43.2 Å². The van der Waals surface area contributed by atoms with E-state index in [1.807, 2.05) is 12.1 Å². The Balaban J connectivity index is 2.22. The third kappa shape index (κ3) is 3.51. The predicted molar refractivity (Wildman–Crippen MR) is 85.6 cm³/mol. The number of hydrogen-bond donors (Lipinski definition) is 3. The first-order valence-electron chi connectivity index (χ1n) is 6.70. The van der Waals surface area contributed by atoms with Gasteiger partial charge in [0.2, 0.25) is 0 Å². The molecule has 5 heteroatoms. The maximum atomic E-state index is 11.3. The van der Waals surface area contributed by atoms with Gasteiger partial charge >= 0.3 is 0 Å². The molecule has 0 aliphatic carbocycles. The number of hydrogen-bond acceptors (Lipinski definition) is 4. The summed E-state index contributed by atoms with van der Waals surface area (Å²) in [5.74, 6) is -0.0393. The summed E-state index contributed by atoms with van der Waals surface area (Å²) in [6.45, 7) is 6.49. The second-order valence-electron chi connectivity index (χ2n) is 5.97. The molecular formula is C16H20N4O. The number of nitrogens with one attached hydrogen (secondary N) is 1. The fourth-order valence-electron chi connectivity index (χ4n) is 1.95. The summed E-state index contributed by atoms with van der Waals surface area (Å²) in [5, 5.41) is 3.13. The van der Waals surface area contributed by atoms with Crippen molar-refractivity contribution in [2.45, 2.75) is 26.2 Å². The topological polar surface area (TPSA) is 94.0 Å². The van der Waals surface area contributed by atoms with Gasteiger partial charge < -0.3 is 16.8 Å². The van der Waals surface area contributed by atoms with Gasteiger partial charge in [0, 0.05) is 5.69 Å². The number of carbonyl (C=O) groups is 1. The molecule has 0 unspecified atom stereocenters. The number of nitrogen functional groups attached to an aromatic ring is 1. The Bertz CT molecular complexity index is 657. The number of carbonyl (C=O) groups excluding carboxylic acids is 1. The van der Waals surface area contributed by atoms with Gasteiger partial charge in [0.1, 0.15) is 5.82 Å². The lowest BCUT2D eigenvalue weighted by molar-refractivity contribution is 0.100. The van der Waals surface area contributed by atoms with Crippen LogP contribution in [0.25, 0.3) is 0 Å². The lowest BCUT2D eigenvalue weighted by atomic mass is 9.87. The summed E-state index contributed by atoms with van der Waals surface area (Å²) < 4.78 is 0. The van der Waals surface area contributed by atoms with E-state index in [4.69, 9.17) is 11.5 Å². The Morgan fingerprint density at radius 1 is 1.19 bits per heavy atom. The zero-order chi connectivity index (χ0) is 15.6. The number of primary amides is 1. The lowest BCUT2D eigenvalue weighted by Gasteiger charge is -2.19. The van der Waals surface area contributed by atoms with E-state index >= 15 is 0 Å². The Kier molecular flexibility index (Phi) is 3.84. The highest BCUT2D eigenvalue weighted by Gasteiger charge is 2.13. The normalized spacial score (nSPS) is 11.2. The minimum atomic E-state index is -0.568. The quantitative estimate of drug-likeness (QED) is 0.807. The second-order valence-corrected chi connectivity index (χ2v) is 5.97. The number of rotatable bonds is 3. The molecule has 110 valence electrons. The highest BCUT2D eigenvalue weighted by atomic mass is 16.1. The van der Waals surface area contributed by atoms with E-state index < -0.39 is 5.91 Å². The maximum Gasteiger partial charge on any atom is 0.250 e. The average molecular weight is 284 g/mol. The fraction of sp³-hybridized carbons (Fsp3) is 0.250. The van der Waals surface area contributed by atoms with Crippen molar-refractivity contribution < 1.29 is 4.79 Å². The van der Waals surface area contributed by atoms with Gasteiger partial charge in [-0.25, -0.2) is 4.98 Å². The first-order valence-corrected chi connectivity index (χ1v) is 6.70. The van der Waals surface area contributed by atoms with Gasteiger partial charge in [0.25, 0.3) is 5.91 Å². The Hall–Kier alpha value is -2.56. The molecule has 21 heavy (non-hydrogen) atoms. The van der Waals surface area contributed by atoms with Gasteiger partial charge in [0.15, 0.2) is 0 Å². The van der Waals surface area contributed by atoms with Gasteiger partial charge in [-0.05, 0) is 29.2 Å². The number of benzene rings is 1. The van der Waals surface area contributed by atoms with Crippen molar-refractivity contribution in [1.29, 1.82) is 0 Å². The molecule has 0 spiro atoms. The minimum absolute atomic E-state index is 0.108. The molecule has 1 amide bonds. The van der Waals surface area contributed by atoms with Crippen LogP contribution >= 0.6 is 0 Å². The molecule has 5 nitrogen and oxygen atoms in total. The molecule has 1 heterocycles. The third-order valence-electron chi connectivity index (χ3n) is 3.22. The highest BCUT2D eigenvalue weighted by molar-refractivity contribution is 5.98. The molecule has 1 aromatic heterocycles. The molecule has 0 saturated heterocycles. The van der Waals surface area contributed by atoms with Gasteiger partial charge in [-0.1, -0.05) is 32.9 Å². The van der Waals surface area contributed by atoms with Crippen molar-refractivity contribution in [3.05, 3.63) is 47.7 Å². The average Bonchev–Trinajstić information content (AvgIpc) is 2.40. The summed E-state index contributed by atoms with van der Waals surface area (Å²) in [7, 11) is 0. The van der Waals surface area contributed by atoms with Crippen molar-refractivity contribution >= 4 is 23.1 Å². The van der Waals surface area contributed by atoms with E-state index in [0.717, 1.165) is 5.69 Å². The number of nitrogens with two attached hydrogens (primary N) is 2. The zero-order valence-electron chi connectivity index (χ0n) is 12.5. The zero-order valence-corrected chi connectivity index (χ0v) is 12.5. The number of amides is 1. The fourth-order valence-corrected chi connectivity index (χ4v) is 1.95. The van der Waals surface area contributed by atoms with Crippen molar-refractivity contribution in [1.82, 2.24) is 4.98 Å². The molecule has 0 saturated carbocycles. The monoisotopic (exact) mass is 284 g/mol. The number of nitrogens with zero attached hydrogens (tertiary/aromatic N) is 1. The Morgan fingerprint density at radius 2 is 1.81 bits per heavy atom. The van der Waals surface area contributed by atoms with Gasteiger partial charge in [-0.3, -0.25) is 4.79 Å². The molecule has 2 rings (SSSR count). The molecule has 1 aromatic carbocycles. The molecule has 0 bridgehead atoms. The van der Waals surface area contributed by atoms with E-state index in [0.29, 0.717) is 5.82 Å². The van der Waals surface area contributed by atoms with Crippen LogP contribution in [0, 0.1) is 0 Å². The Labute approximate surface area is 124 Å². The molecular weight excluding hydrogens is 264 g/mol. The van der Waals surface area contributed by atoms with Crippen molar-refractivity contribution in [3.63, 3.8) is 0 Å². The Morgan fingerprint density at radius 3 is 2.33 bits per heavy atom. The summed E-state index contributed by atoms with van der Waals surface area (Å²) >= 11 is 0. The summed E-state index contributed by atoms with van der Waals surface area (Å²) in [5.41, 5.74) is 13.7. The van der Waals surface area contributed by atoms with Crippen LogP contribution in [0.2, 0.25) is 0 Å². The highest BCUT2D eigenvalue weighted by Crippen LogP contribution is 2.25. The molecule has 0 aliphatic rings. The van der Waals surface area contributed by atoms with E-state index in [-0.39, 0.29) is 16.7 Å². The second kappa shape index (κ2) is 5.44. The van der Waals surface area contributed by atoms with Crippen LogP contribution in [-0.4, -0.2) is 10.9 Å². The van der Waals surface area contributed by atoms with Crippen LogP contribution in [-0.2, 0) is 5.41 Å². The largest absolute Gasteiger partial charge is 0.397 e. The van der Waals surface area contributed by atoms with E-state index in [9.17, 15) is 4.79 Å². The van der Waals surface area contributed by atoms with Crippen LogP contribution in [0.3, 0.4) is 0 Å². The maximum absolute atomic E-state index is 11.3.